The minimum Gasteiger partial charge on any atom is -0.462 e. The maximum Gasteiger partial charge on any atom is 0.318 e. The summed E-state index contributed by atoms with van der Waals surface area (Å²) in [4.78, 5) is 31.8. The number of benzene rings is 2. The quantitative estimate of drug-likeness (QED) is 0.351. The number of piperazine rings is 1. The van der Waals surface area contributed by atoms with Gasteiger partial charge < -0.3 is 19.4 Å². The number of fused-ring (bicyclic) bond motifs is 2. The molecule has 7 rings (SSSR count). The van der Waals surface area contributed by atoms with Crippen LogP contribution in [-0.4, -0.2) is 82.6 Å². The van der Waals surface area contributed by atoms with Crippen LogP contribution in [0.25, 0.3) is 10.8 Å². The summed E-state index contributed by atoms with van der Waals surface area (Å²) in [6, 6.07) is 16.0. The molecule has 228 valence electrons. The van der Waals surface area contributed by atoms with Crippen LogP contribution in [0, 0.1) is 18.3 Å². The molecule has 9 nitrogen and oxygen atoms in total. The molecule has 1 spiro atoms. The number of amides is 1. The Hall–Kier alpha value is -4.16. The predicted octanol–water partition coefficient (Wildman–Crippen LogP) is 4.62. The van der Waals surface area contributed by atoms with Crippen molar-refractivity contribution in [3.63, 3.8) is 0 Å². The lowest BCUT2D eigenvalue weighted by atomic mass is 9.92. The highest BCUT2D eigenvalue weighted by Crippen LogP contribution is 2.53. The van der Waals surface area contributed by atoms with Crippen LogP contribution in [0.1, 0.15) is 49.4 Å². The fourth-order valence-electron chi connectivity index (χ4n) is 7.54. The van der Waals surface area contributed by atoms with Crippen molar-refractivity contribution >= 4 is 28.2 Å². The SMILES string of the molecule is C=CC(=O)N1CCN(c2nc(OCC3CCN3CC)nc3c2CC2(CC2)N(c2cccc4cccc(C)c24)C3)C[C@@H]1CC#N. The minimum atomic E-state index is -0.226. The van der Waals surface area contributed by atoms with E-state index in [1.54, 1.807) is 4.90 Å². The van der Waals surface area contributed by atoms with Gasteiger partial charge in [0.25, 0.3) is 0 Å². The first-order valence-electron chi connectivity index (χ1n) is 16.0. The monoisotopic (exact) mass is 591 g/mol. The Morgan fingerprint density at radius 1 is 1.16 bits per heavy atom. The first kappa shape index (κ1) is 28.6. The normalized spacial score (nSPS) is 22.3. The molecule has 2 atom stereocenters. The second-order valence-corrected chi connectivity index (χ2v) is 12.8. The smallest absolute Gasteiger partial charge is 0.318 e. The van der Waals surface area contributed by atoms with Crippen molar-refractivity contribution < 1.29 is 9.53 Å². The molecule has 0 bridgehead atoms. The molecule has 1 unspecified atom stereocenters. The Morgan fingerprint density at radius 3 is 2.68 bits per heavy atom. The second kappa shape index (κ2) is 11.4. The molecule has 1 saturated carbocycles. The summed E-state index contributed by atoms with van der Waals surface area (Å²) >= 11 is 0. The summed E-state index contributed by atoms with van der Waals surface area (Å²) < 4.78 is 6.35. The van der Waals surface area contributed by atoms with Crippen LogP contribution in [-0.2, 0) is 17.8 Å². The number of nitriles is 1. The summed E-state index contributed by atoms with van der Waals surface area (Å²) in [5.41, 5.74) is 4.77. The van der Waals surface area contributed by atoms with Crippen LogP contribution >= 0.6 is 0 Å². The number of carbonyl (C=O) groups excluding carboxylic acids is 1. The fraction of sp³-hybridized carbons (Fsp3) is 0.486. The number of rotatable bonds is 8. The van der Waals surface area contributed by atoms with Gasteiger partial charge in [-0.2, -0.15) is 15.2 Å². The molecular weight excluding hydrogens is 550 g/mol. The molecule has 3 fully saturated rings. The van der Waals surface area contributed by atoms with Crippen LogP contribution < -0.4 is 14.5 Å². The van der Waals surface area contributed by atoms with Crippen molar-refractivity contribution in [2.24, 2.45) is 0 Å². The zero-order valence-electron chi connectivity index (χ0n) is 25.8. The lowest BCUT2D eigenvalue weighted by Gasteiger charge is -2.44. The largest absolute Gasteiger partial charge is 0.462 e. The van der Waals surface area contributed by atoms with E-state index in [-0.39, 0.29) is 23.9 Å². The molecule has 4 heterocycles. The Kier molecular flexibility index (Phi) is 7.41. The Bertz CT molecular complexity index is 1640. The molecule has 0 N–H and O–H groups in total. The fourth-order valence-corrected chi connectivity index (χ4v) is 7.54. The first-order valence-corrected chi connectivity index (χ1v) is 16.0. The van der Waals surface area contributed by atoms with Gasteiger partial charge in [-0.1, -0.05) is 43.8 Å². The highest BCUT2D eigenvalue weighted by molar-refractivity contribution is 5.97. The standard InChI is InChI=1S/C35H41N7O2/c1-4-31(43)41-19-18-40(21-26(41)12-16-36)33-28-20-35(14-15-35)42(30-11-7-10-25-9-6-8-24(3)32(25)30)22-29(28)37-34(38-33)44-23-27-13-17-39(27)5-2/h4,6-11,26-27H,1,5,12-15,17-23H2,2-3H3/t26-,27?/m0/s1. The van der Waals surface area contributed by atoms with Gasteiger partial charge in [0.15, 0.2) is 0 Å². The number of carbonyl (C=O) groups is 1. The summed E-state index contributed by atoms with van der Waals surface area (Å²) in [7, 11) is 0. The van der Waals surface area contributed by atoms with E-state index in [1.165, 1.54) is 33.7 Å². The zero-order valence-corrected chi connectivity index (χ0v) is 25.8. The number of likely N-dealkylation sites (tertiary alicyclic amines) is 1. The number of anilines is 2. The second-order valence-electron chi connectivity index (χ2n) is 12.8. The predicted molar refractivity (Wildman–Crippen MR) is 172 cm³/mol. The Labute approximate surface area is 259 Å². The van der Waals surface area contributed by atoms with Gasteiger partial charge in [0, 0.05) is 60.8 Å². The first-order chi connectivity index (χ1) is 21.4. The number of nitrogens with zero attached hydrogens (tertiary/aromatic N) is 7. The third-order valence-corrected chi connectivity index (χ3v) is 10.3. The van der Waals surface area contributed by atoms with E-state index in [0.717, 1.165) is 50.3 Å². The number of likely N-dealkylation sites (N-methyl/N-ethyl adjacent to an activating group) is 1. The molecule has 9 heteroatoms. The highest BCUT2D eigenvalue weighted by atomic mass is 16.5. The van der Waals surface area contributed by atoms with Crippen molar-refractivity contribution in [1.29, 1.82) is 5.26 Å². The van der Waals surface area contributed by atoms with Gasteiger partial charge in [0.1, 0.15) is 12.4 Å². The van der Waals surface area contributed by atoms with Crippen molar-refractivity contribution in [2.45, 2.75) is 70.1 Å². The van der Waals surface area contributed by atoms with Crippen molar-refractivity contribution in [3.8, 4) is 12.1 Å². The third-order valence-electron chi connectivity index (χ3n) is 10.3. The number of aromatic nitrogens is 2. The maximum absolute atomic E-state index is 12.6. The number of hydrogen-bond acceptors (Lipinski definition) is 8. The summed E-state index contributed by atoms with van der Waals surface area (Å²) in [5, 5.41) is 12.2. The van der Waals surface area contributed by atoms with Crippen molar-refractivity contribution in [1.82, 2.24) is 19.8 Å². The molecule has 1 aliphatic carbocycles. The molecule has 1 aromatic heterocycles. The van der Waals surface area contributed by atoms with Gasteiger partial charge in [-0.05, 0) is 55.8 Å². The van der Waals surface area contributed by atoms with E-state index in [4.69, 9.17) is 14.7 Å². The molecule has 3 aromatic rings. The number of ether oxygens (including phenoxy) is 1. The average Bonchev–Trinajstić information content (AvgIpc) is 3.79. The lowest BCUT2D eigenvalue weighted by Crippen LogP contribution is -2.55. The van der Waals surface area contributed by atoms with E-state index in [1.807, 2.05) is 0 Å². The van der Waals surface area contributed by atoms with Crippen LogP contribution in [0.15, 0.2) is 49.1 Å². The van der Waals surface area contributed by atoms with Crippen LogP contribution in [0.5, 0.6) is 6.01 Å². The molecule has 4 aliphatic rings. The van der Waals surface area contributed by atoms with Crippen LogP contribution in [0.4, 0.5) is 11.5 Å². The van der Waals surface area contributed by atoms with Crippen LogP contribution in [0.2, 0.25) is 0 Å². The summed E-state index contributed by atoms with van der Waals surface area (Å²) in [6.45, 7) is 13.1. The summed E-state index contributed by atoms with van der Waals surface area (Å²) in [6.07, 6.45) is 5.84. The lowest BCUT2D eigenvalue weighted by molar-refractivity contribution is -0.128. The van der Waals surface area contributed by atoms with Crippen molar-refractivity contribution in [2.75, 3.05) is 49.1 Å². The molecular formula is C35H41N7O2. The van der Waals surface area contributed by atoms with E-state index >= 15 is 0 Å². The number of hydrogen-bond donors (Lipinski definition) is 0. The molecule has 3 aliphatic heterocycles. The topological polar surface area (TPSA) is 88.8 Å². The number of aryl methyl sites for hydroxylation is 1. The Balaban J connectivity index is 1.27. The van der Waals surface area contributed by atoms with Gasteiger partial charge >= 0.3 is 6.01 Å². The van der Waals surface area contributed by atoms with E-state index in [9.17, 15) is 10.1 Å². The third kappa shape index (κ3) is 4.95. The molecule has 44 heavy (non-hydrogen) atoms. The molecule has 2 aromatic carbocycles. The van der Waals surface area contributed by atoms with E-state index in [2.05, 4.69) is 77.6 Å². The maximum atomic E-state index is 12.6. The summed E-state index contributed by atoms with van der Waals surface area (Å²) in [5.74, 6) is 0.775. The highest BCUT2D eigenvalue weighted by Gasteiger charge is 2.52. The van der Waals surface area contributed by atoms with Crippen molar-refractivity contribution in [3.05, 3.63) is 65.9 Å². The Morgan fingerprint density at radius 2 is 1.98 bits per heavy atom. The van der Waals surface area contributed by atoms with Gasteiger partial charge in [-0.25, -0.2) is 0 Å². The van der Waals surface area contributed by atoms with Gasteiger partial charge in [-0.3, -0.25) is 9.69 Å². The van der Waals surface area contributed by atoms with Crippen LogP contribution in [0.3, 0.4) is 0 Å². The molecule has 1 amide bonds. The van der Waals surface area contributed by atoms with Gasteiger partial charge in [0.05, 0.1) is 30.8 Å². The minimum absolute atomic E-state index is 0.0320. The van der Waals surface area contributed by atoms with Gasteiger partial charge in [0.2, 0.25) is 5.91 Å². The van der Waals surface area contributed by atoms with E-state index in [0.29, 0.717) is 44.8 Å². The van der Waals surface area contributed by atoms with Gasteiger partial charge in [-0.15, -0.1) is 0 Å². The average molecular weight is 592 g/mol. The molecule has 0 radical (unpaired) electrons. The zero-order chi connectivity index (χ0) is 30.4. The molecule has 2 saturated heterocycles. The van der Waals surface area contributed by atoms with E-state index < -0.39 is 0 Å².